The Bertz CT molecular complexity index is 740. The van der Waals surface area contributed by atoms with Gasteiger partial charge in [0.15, 0.2) is 0 Å². The fourth-order valence-electron chi connectivity index (χ4n) is 3.36. The van der Waals surface area contributed by atoms with Gasteiger partial charge in [0.1, 0.15) is 11.5 Å². The molecule has 2 aromatic rings. The molecule has 148 valence electrons. The number of imidazole rings is 1. The smallest absolute Gasteiger partial charge is 0.272 e. The predicted molar refractivity (Wildman–Crippen MR) is 108 cm³/mol. The van der Waals surface area contributed by atoms with Crippen molar-refractivity contribution in [2.24, 2.45) is 5.92 Å². The van der Waals surface area contributed by atoms with Crippen LogP contribution in [0.25, 0.3) is 5.69 Å². The molecule has 0 radical (unpaired) electrons. The van der Waals surface area contributed by atoms with Crippen LogP contribution in [0.3, 0.4) is 0 Å². The van der Waals surface area contributed by atoms with Crippen LogP contribution in [0.4, 0.5) is 4.39 Å². The van der Waals surface area contributed by atoms with Crippen molar-refractivity contribution in [3.8, 4) is 5.69 Å². The number of carbonyl (C=O) groups is 1. The summed E-state index contributed by atoms with van der Waals surface area (Å²) in [5.41, 5.74) is 1.26. The summed E-state index contributed by atoms with van der Waals surface area (Å²) in [6.45, 7) is 2.64. The van der Waals surface area contributed by atoms with Gasteiger partial charge in [0.05, 0.1) is 12.5 Å². The lowest BCUT2D eigenvalue weighted by molar-refractivity contribution is 0.0697. The van der Waals surface area contributed by atoms with Gasteiger partial charge in [-0.2, -0.15) is 0 Å². The number of benzene rings is 1. The van der Waals surface area contributed by atoms with E-state index in [2.05, 4.69) is 10.3 Å². The number of aromatic nitrogens is 2. The summed E-state index contributed by atoms with van der Waals surface area (Å²) in [6, 6.07) is 6.61. The third-order valence-corrected chi connectivity index (χ3v) is 5.14. The Morgan fingerprint density at radius 3 is 2.41 bits per heavy atom. The fourth-order valence-corrected chi connectivity index (χ4v) is 3.36. The number of rotatable bonds is 5. The van der Waals surface area contributed by atoms with Crippen LogP contribution in [-0.4, -0.2) is 46.0 Å². The quantitative estimate of drug-likeness (QED) is 0.814. The number of piperidine rings is 1. The van der Waals surface area contributed by atoms with Crippen LogP contribution in [0.2, 0.25) is 0 Å². The number of halogens is 3. The van der Waals surface area contributed by atoms with Crippen LogP contribution in [0.1, 0.15) is 36.2 Å². The third kappa shape index (κ3) is 5.21. The maximum Gasteiger partial charge on any atom is 0.272 e. The molecule has 4 rings (SSSR count). The van der Waals surface area contributed by atoms with Crippen molar-refractivity contribution in [3.63, 3.8) is 0 Å². The van der Waals surface area contributed by atoms with Crippen LogP contribution in [-0.2, 0) is 0 Å². The number of nitrogens with zero attached hydrogens (tertiary/aromatic N) is 3. The van der Waals surface area contributed by atoms with Gasteiger partial charge >= 0.3 is 0 Å². The molecule has 5 nitrogen and oxygen atoms in total. The molecule has 27 heavy (non-hydrogen) atoms. The maximum absolute atomic E-state index is 13.1. The van der Waals surface area contributed by atoms with E-state index >= 15 is 0 Å². The van der Waals surface area contributed by atoms with E-state index in [0.29, 0.717) is 11.7 Å². The lowest BCUT2D eigenvalue weighted by Crippen LogP contribution is -2.45. The van der Waals surface area contributed by atoms with Crippen molar-refractivity contribution in [2.45, 2.75) is 31.7 Å². The van der Waals surface area contributed by atoms with Crippen molar-refractivity contribution in [1.29, 1.82) is 0 Å². The summed E-state index contributed by atoms with van der Waals surface area (Å²) in [5, 5.41) is 3.63. The molecule has 0 bridgehead atoms. The second-order valence-corrected chi connectivity index (χ2v) is 7.04. The van der Waals surface area contributed by atoms with Crippen molar-refractivity contribution in [3.05, 3.63) is 48.3 Å². The number of hydrogen-bond acceptors (Lipinski definition) is 3. The van der Waals surface area contributed by atoms with E-state index < -0.39 is 0 Å². The zero-order chi connectivity index (χ0) is 17.2. The van der Waals surface area contributed by atoms with Crippen molar-refractivity contribution in [2.75, 3.05) is 19.6 Å². The molecule has 1 aromatic heterocycles. The fraction of sp³-hybridized carbons (Fsp3) is 0.474. The Morgan fingerprint density at radius 2 is 1.78 bits per heavy atom. The van der Waals surface area contributed by atoms with Gasteiger partial charge in [0.2, 0.25) is 0 Å². The van der Waals surface area contributed by atoms with Crippen LogP contribution in [0, 0.1) is 11.7 Å². The van der Waals surface area contributed by atoms with Gasteiger partial charge in [-0.25, -0.2) is 9.37 Å². The van der Waals surface area contributed by atoms with Crippen LogP contribution in [0.5, 0.6) is 0 Å². The highest BCUT2D eigenvalue weighted by Gasteiger charge is 2.27. The molecule has 1 amide bonds. The Labute approximate surface area is 171 Å². The zero-order valence-corrected chi connectivity index (χ0v) is 16.6. The molecule has 1 aromatic carbocycles. The summed E-state index contributed by atoms with van der Waals surface area (Å²) in [4.78, 5) is 18.9. The van der Waals surface area contributed by atoms with Gasteiger partial charge in [-0.3, -0.25) is 9.36 Å². The van der Waals surface area contributed by atoms with Crippen LogP contribution >= 0.6 is 24.8 Å². The highest BCUT2D eigenvalue weighted by atomic mass is 35.5. The van der Waals surface area contributed by atoms with Gasteiger partial charge in [-0.1, -0.05) is 0 Å². The highest BCUT2D eigenvalue weighted by molar-refractivity contribution is 5.93. The standard InChI is InChI=1S/C19H23FN4O.2ClH/c20-15-3-5-17(6-4-15)24-13-21-12-18(24)19(25)23-9-7-16(8-10-23)22-11-14-1-2-14;;/h3-6,12-14,16,22H,1-2,7-11H2;2*1H. The predicted octanol–water partition coefficient (Wildman–Crippen LogP) is 3.46. The summed E-state index contributed by atoms with van der Waals surface area (Å²) >= 11 is 0. The highest BCUT2D eigenvalue weighted by Crippen LogP contribution is 2.28. The molecular formula is C19H25Cl2FN4O. The molecule has 2 fully saturated rings. The summed E-state index contributed by atoms with van der Waals surface area (Å²) in [5.74, 6) is 0.574. The third-order valence-electron chi connectivity index (χ3n) is 5.14. The maximum atomic E-state index is 13.1. The average molecular weight is 415 g/mol. The number of nitrogens with one attached hydrogen (secondary N) is 1. The van der Waals surface area contributed by atoms with Crippen LogP contribution < -0.4 is 5.32 Å². The molecule has 2 aliphatic rings. The molecule has 1 N–H and O–H groups in total. The van der Waals surface area contributed by atoms with E-state index in [1.165, 1.54) is 25.0 Å². The molecular weight excluding hydrogens is 390 g/mol. The Balaban J connectivity index is 0.00000131. The van der Waals surface area contributed by atoms with Gasteiger partial charge in [0, 0.05) is 24.8 Å². The van der Waals surface area contributed by atoms with E-state index in [1.807, 2.05) is 4.90 Å². The average Bonchev–Trinajstić information content (AvgIpc) is 3.35. The van der Waals surface area contributed by atoms with Gasteiger partial charge in [-0.15, -0.1) is 24.8 Å². The largest absolute Gasteiger partial charge is 0.337 e. The molecule has 1 saturated carbocycles. The molecule has 0 spiro atoms. The molecule has 1 aliphatic heterocycles. The Kier molecular flexibility index (Phi) is 7.65. The molecule has 2 heterocycles. The molecule has 1 aliphatic carbocycles. The lowest BCUT2D eigenvalue weighted by atomic mass is 10.0. The molecule has 0 atom stereocenters. The van der Waals surface area contributed by atoms with E-state index in [4.69, 9.17) is 0 Å². The number of likely N-dealkylation sites (tertiary alicyclic amines) is 1. The summed E-state index contributed by atoms with van der Waals surface area (Å²) in [6.07, 6.45) is 7.88. The van der Waals surface area contributed by atoms with E-state index in [0.717, 1.165) is 44.1 Å². The van der Waals surface area contributed by atoms with E-state index in [9.17, 15) is 9.18 Å². The van der Waals surface area contributed by atoms with Gasteiger partial charge in [0.25, 0.3) is 5.91 Å². The van der Waals surface area contributed by atoms with Gasteiger partial charge in [-0.05, 0) is 62.4 Å². The first-order valence-corrected chi connectivity index (χ1v) is 9.01. The van der Waals surface area contributed by atoms with Crippen molar-refractivity contribution >= 4 is 30.7 Å². The molecule has 8 heteroatoms. The number of amides is 1. The second kappa shape index (κ2) is 9.53. The first kappa shape index (κ1) is 21.7. The second-order valence-electron chi connectivity index (χ2n) is 7.04. The minimum atomic E-state index is -0.294. The van der Waals surface area contributed by atoms with Gasteiger partial charge < -0.3 is 10.2 Å². The first-order chi connectivity index (χ1) is 12.2. The Hall–Kier alpha value is -1.63. The lowest BCUT2D eigenvalue weighted by Gasteiger charge is -2.32. The van der Waals surface area contributed by atoms with Crippen molar-refractivity contribution in [1.82, 2.24) is 19.8 Å². The van der Waals surface area contributed by atoms with E-state index in [1.54, 1.807) is 29.2 Å². The summed E-state index contributed by atoms with van der Waals surface area (Å²) < 4.78 is 14.8. The normalized spacial score (nSPS) is 17.1. The minimum absolute atomic E-state index is 0. The number of carbonyl (C=O) groups excluding carboxylic acids is 1. The topological polar surface area (TPSA) is 50.2 Å². The number of hydrogen-bond donors (Lipinski definition) is 1. The monoisotopic (exact) mass is 414 g/mol. The first-order valence-electron chi connectivity index (χ1n) is 9.01. The Morgan fingerprint density at radius 1 is 1.11 bits per heavy atom. The molecule has 1 saturated heterocycles. The van der Waals surface area contributed by atoms with E-state index in [-0.39, 0.29) is 36.5 Å². The minimum Gasteiger partial charge on any atom is -0.337 e. The van der Waals surface area contributed by atoms with Crippen molar-refractivity contribution < 1.29 is 9.18 Å². The summed E-state index contributed by atoms with van der Waals surface area (Å²) in [7, 11) is 0. The SMILES string of the molecule is Cl.Cl.O=C(c1cncn1-c1ccc(F)cc1)N1CCC(NCC2CC2)CC1. The zero-order valence-electron chi connectivity index (χ0n) is 15.0. The van der Waals surface area contributed by atoms with Crippen LogP contribution in [0.15, 0.2) is 36.8 Å². The molecule has 0 unspecified atom stereocenters.